The van der Waals surface area contributed by atoms with Crippen molar-refractivity contribution in [2.75, 3.05) is 59.5 Å². The first-order chi connectivity index (χ1) is 16.5. The fraction of sp³-hybridized carbons (Fsp3) is 0.696. The number of likely N-dealkylation sites (tertiary alicyclic amines) is 3. The average Bonchev–Trinajstić information content (AvgIpc) is 3.53. The monoisotopic (exact) mass is 519 g/mol. The zero-order valence-corrected chi connectivity index (χ0v) is 20.8. The van der Waals surface area contributed by atoms with E-state index in [1.807, 2.05) is 26.6 Å². The fourth-order valence-corrected chi connectivity index (χ4v) is 6.31. The number of ether oxygens (including phenoxy) is 1. The first-order valence-electron chi connectivity index (χ1n) is 11.6. The molecule has 1 unspecified atom stereocenters. The van der Waals surface area contributed by atoms with Crippen LogP contribution < -0.4 is 0 Å². The number of fused-ring (bicyclic) bond motifs is 1. The first-order valence-corrected chi connectivity index (χ1v) is 12.6. The van der Waals surface area contributed by atoms with Crippen LogP contribution in [0.3, 0.4) is 0 Å². The number of methoxy groups -OCH3 is 1. The molecule has 3 saturated heterocycles. The molecule has 35 heavy (non-hydrogen) atoms. The van der Waals surface area contributed by atoms with E-state index in [4.69, 9.17) is 14.6 Å². The quantitative estimate of drug-likeness (QED) is 0.644. The molecule has 4 rings (SSSR count). The Bertz CT molecular complexity index is 903. The molecule has 2 spiro atoms. The zero-order valence-electron chi connectivity index (χ0n) is 20.0. The van der Waals surface area contributed by atoms with E-state index in [1.54, 1.807) is 18.4 Å². The Kier molecular flexibility index (Phi) is 8.48. The Balaban J connectivity index is 0.000000429. The third-order valence-corrected chi connectivity index (χ3v) is 8.24. The standard InChI is InChI=1S/C21H31N3O3S.C2HF3O2/c1-3-23-10-7-21(19(23)26)16-22(11-12-27-2)15-20(21)5-8-24(9-6-20)18(25)17-4-13-28-14-17;3-2(4,5)1(6)7/h4,13-14H,3,5-12,15-16H2,1-2H3;(H,6,7). The predicted octanol–water partition coefficient (Wildman–Crippen LogP) is 2.80. The molecule has 2 amide bonds. The van der Waals surface area contributed by atoms with E-state index in [2.05, 4.69) is 11.8 Å². The van der Waals surface area contributed by atoms with Gasteiger partial charge < -0.3 is 19.6 Å². The summed E-state index contributed by atoms with van der Waals surface area (Å²) in [5.41, 5.74) is 0.486. The summed E-state index contributed by atoms with van der Waals surface area (Å²) >= 11 is 1.56. The van der Waals surface area contributed by atoms with Gasteiger partial charge in [0.2, 0.25) is 5.91 Å². The summed E-state index contributed by atoms with van der Waals surface area (Å²) in [5.74, 6) is -2.28. The van der Waals surface area contributed by atoms with Crippen LogP contribution in [0.15, 0.2) is 16.8 Å². The Labute approximate surface area is 206 Å². The van der Waals surface area contributed by atoms with E-state index in [-0.39, 0.29) is 16.7 Å². The number of aliphatic carboxylic acids is 1. The van der Waals surface area contributed by atoms with Crippen molar-refractivity contribution in [2.45, 2.75) is 32.4 Å². The maximum atomic E-state index is 13.4. The van der Waals surface area contributed by atoms with Crippen LogP contribution in [0.25, 0.3) is 0 Å². The number of carboxylic acids is 1. The normalized spacial score (nSPS) is 24.2. The number of thiophene rings is 1. The Morgan fingerprint density at radius 3 is 2.31 bits per heavy atom. The van der Waals surface area contributed by atoms with Gasteiger partial charge in [0.1, 0.15) is 0 Å². The first kappa shape index (κ1) is 27.4. The molecule has 1 aromatic heterocycles. The molecule has 4 heterocycles. The number of carboxylic acid groups (broad SMARTS) is 1. The molecule has 3 fully saturated rings. The van der Waals surface area contributed by atoms with Crippen molar-refractivity contribution in [3.05, 3.63) is 22.4 Å². The smallest absolute Gasteiger partial charge is 0.475 e. The van der Waals surface area contributed by atoms with Gasteiger partial charge in [-0.1, -0.05) is 0 Å². The zero-order chi connectivity index (χ0) is 25.9. The van der Waals surface area contributed by atoms with Gasteiger partial charge in [-0.2, -0.15) is 24.5 Å². The van der Waals surface area contributed by atoms with E-state index in [0.717, 1.165) is 70.6 Å². The number of carbonyl (C=O) groups is 3. The van der Waals surface area contributed by atoms with Gasteiger partial charge in [0, 0.05) is 63.7 Å². The molecule has 1 atom stereocenters. The molecule has 12 heteroatoms. The second kappa shape index (κ2) is 10.8. The van der Waals surface area contributed by atoms with Crippen LogP contribution in [0, 0.1) is 10.8 Å². The van der Waals surface area contributed by atoms with Crippen LogP contribution >= 0.6 is 11.3 Å². The van der Waals surface area contributed by atoms with Crippen molar-refractivity contribution in [2.24, 2.45) is 10.8 Å². The van der Waals surface area contributed by atoms with Crippen LogP contribution in [0.4, 0.5) is 13.2 Å². The third-order valence-electron chi connectivity index (χ3n) is 7.55. The van der Waals surface area contributed by atoms with Gasteiger partial charge in [-0.15, -0.1) is 0 Å². The number of hydrogen-bond acceptors (Lipinski definition) is 6. The summed E-state index contributed by atoms with van der Waals surface area (Å²) in [5, 5.41) is 11.0. The van der Waals surface area contributed by atoms with E-state index in [0.29, 0.717) is 12.5 Å². The predicted molar refractivity (Wildman–Crippen MR) is 123 cm³/mol. The number of hydrogen-bond donors (Lipinski definition) is 1. The lowest BCUT2D eigenvalue weighted by Gasteiger charge is -2.47. The number of carbonyl (C=O) groups excluding carboxylic acids is 2. The van der Waals surface area contributed by atoms with Crippen molar-refractivity contribution in [1.82, 2.24) is 14.7 Å². The highest BCUT2D eigenvalue weighted by atomic mass is 32.1. The molecule has 0 radical (unpaired) electrons. The van der Waals surface area contributed by atoms with Gasteiger partial charge in [-0.3, -0.25) is 14.5 Å². The Hall–Kier alpha value is -2.18. The van der Waals surface area contributed by atoms with E-state index in [9.17, 15) is 22.8 Å². The molecule has 0 aromatic carbocycles. The van der Waals surface area contributed by atoms with Crippen LogP contribution in [-0.2, 0) is 14.3 Å². The minimum atomic E-state index is -5.08. The second-order valence-corrected chi connectivity index (χ2v) is 10.1. The van der Waals surface area contributed by atoms with Crippen molar-refractivity contribution in [3.8, 4) is 0 Å². The van der Waals surface area contributed by atoms with Gasteiger partial charge >= 0.3 is 12.1 Å². The summed E-state index contributed by atoms with van der Waals surface area (Å²) in [7, 11) is 1.73. The molecule has 1 aromatic rings. The highest BCUT2D eigenvalue weighted by Gasteiger charge is 2.64. The number of nitrogens with zero attached hydrogens (tertiary/aromatic N) is 3. The van der Waals surface area contributed by atoms with Crippen LogP contribution in [0.1, 0.15) is 36.5 Å². The molecule has 0 bridgehead atoms. The SMILES string of the molecule is CCN1CCC2(CN(CCOC)CC23CCN(C(=O)c2ccsc2)CC3)C1=O.O=C(O)C(F)(F)F. The van der Waals surface area contributed by atoms with Gasteiger partial charge in [0.25, 0.3) is 5.91 Å². The third kappa shape index (κ3) is 5.49. The lowest BCUT2D eigenvalue weighted by atomic mass is 9.60. The molecular weight excluding hydrogens is 487 g/mol. The number of halogens is 3. The molecular formula is C23H32F3N3O5S. The van der Waals surface area contributed by atoms with Crippen molar-refractivity contribution in [1.29, 1.82) is 0 Å². The van der Waals surface area contributed by atoms with E-state index in [1.165, 1.54) is 0 Å². The lowest BCUT2D eigenvalue weighted by Crippen LogP contribution is -2.53. The topological polar surface area (TPSA) is 90.4 Å². The molecule has 0 saturated carbocycles. The maximum absolute atomic E-state index is 13.4. The minimum Gasteiger partial charge on any atom is -0.475 e. The summed E-state index contributed by atoms with van der Waals surface area (Å²) in [6, 6.07) is 1.90. The highest BCUT2D eigenvalue weighted by molar-refractivity contribution is 7.08. The van der Waals surface area contributed by atoms with E-state index >= 15 is 0 Å². The van der Waals surface area contributed by atoms with Crippen LogP contribution in [0.5, 0.6) is 0 Å². The second-order valence-electron chi connectivity index (χ2n) is 9.31. The maximum Gasteiger partial charge on any atom is 0.490 e. The van der Waals surface area contributed by atoms with Gasteiger partial charge in [-0.25, -0.2) is 4.79 Å². The van der Waals surface area contributed by atoms with Crippen molar-refractivity contribution >= 4 is 29.1 Å². The Morgan fingerprint density at radius 2 is 1.83 bits per heavy atom. The molecule has 8 nitrogen and oxygen atoms in total. The molecule has 0 aliphatic carbocycles. The summed E-state index contributed by atoms with van der Waals surface area (Å²) in [6.45, 7) is 8.57. The minimum absolute atomic E-state index is 0.0207. The van der Waals surface area contributed by atoms with Gasteiger partial charge in [0.05, 0.1) is 17.6 Å². The van der Waals surface area contributed by atoms with Crippen LogP contribution in [-0.4, -0.2) is 103 Å². The molecule has 1 N–H and O–H groups in total. The van der Waals surface area contributed by atoms with Crippen molar-refractivity contribution < 1.29 is 37.4 Å². The molecule has 3 aliphatic heterocycles. The lowest BCUT2D eigenvalue weighted by molar-refractivity contribution is -0.192. The largest absolute Gasteiger partial charge is 0.490 e. The number of alkyl halides is 3. The van der Waals surface area contributed by atoms with Crippen LogP contribution in [0.2, 0.25) is 0 Å². The number of rotatable bonds is 5. The summed E-state index contributed by atoms with van der Waals surface area (Å²) in [6.07, 6.45) is -2.31. The number of piperidine rings is 1. The summed E-state index contributed by atoms with van der Waals surface area (Å²) < 4.78 is 37.0. The van der Waals surface area contributed by atoms with Gasteiger partial charge in [0.15, 0.2) is 0 Å². The highest BCUT2D eigenvalue weighted by Crippen LogP contribution is 2.57. The van der Waals surface area contributed by atoms with Gasteiger partial charge in [-0.05, 0) is 37.6 Å². The Morgan fingerprint density at radius 1 is 1.17 bits per heavy atom. The van der Waals surface area contributed by atoms with E-state index < -0.39 is 12.1 Å². The fourth-order valence-electron chi connectivity index (χ4n) is 5.68. The molecule has 196 valence electrons. The summed E-state index contributed by atoms with van der Waals surface area (Å²) in [4.78, 5) is 41.6. The number of amides is 2. The molecule has 3 aliphatic rings. The van der Waals surface area contributed by atoms with Crippen molar-refractivity contribution in [3.63, 3.8) is 0 Å². The average molecular weight is 520 g/mol.